The lowest BCUT2D eigenvalue weighted by molar-refractivity contribution is -0.143. The Hall–Kier alpha value is -5.19. The number of aliphatic hydroxyl groups is 1. The molecule has 2 aliphatic carbocycles. The van der Waals surface area contributed by atoms with Gasteiger partial charge < -0.3 is 10.4 Å². The van der Waals surface area contributed by atoms with Gasteiger partial charge in [-0.15, -0.1) is 0 Å². The molecule has 3 aromatic heterocycles. The number of halogens is 8. The van der Waals surface area contributed by atoms with Crippen molar-refractivity contribution in [2.75, 3.05) is 11.0 Å². The number of sulfonamides is 1. The van der Waals surface area contributed by atoms with Gasteiger partial charge in [0.05, 0.1) is 33.9 Å². The number of alkyl halides is 5. The number of anilines is 1. The summed E-state index contributed by atoms with van der Waals surface area (Å²) in [7, 11) is -2.35. The van der Waals surface area contributed by atoms with Crippen molar-refractivity contribution in [3.8, 4) is 23.0 Å². The third kappa shape index (κ3) is 8.28. The minimum Gasteiger partial charge on any atom is -0.378 e. The normalized spacial score (nSPS) is 19.0. The number of nitrogens with zero attached hydrogens (tertiary/aromatic N) is 5. The second-order valence-corrected chi connectivity index (χ2v) is 17.7. The molecule has 0 bridgehead atoms. The molecule has 318 valence electrons. The molecule has 0 radical (unpaired) electrons. The van der Waals surface area contributed by atoms with E-state index in [1.165, 1.54) is 30.8 Å². The number of hydrogen-bond acceptors (Lipinski definition) is 7. The Morgan fingerprint density at radius 3 is 2.33 bits per heavy atom. The van der Waals surface area contributed by atoms with Gasteiger partial charge in [0.2, 0.25) is 15.9 Å². The first-order chi connectivity index (χ1) is 27.9. The van der Waals surface area contributed by atoms with E-state index >= 15 is 8.78 Å². The maximum absolute atomic E-state index is 15.6. The molecule has 5 aromatic rings. The molecule has 1 amide bonds. The highest BCUT2D eigenvalue weighted by Crippen LogP contribution is 2.55. The van der Waals surface area contributed by atoms with Gasteiger partial charge >= 0.3 is 6.18 Å². The summed E-state index contributed by atoms with van der Waals surface area (Å²) in [6.45, 7) is 2.76. The predicted molar refractivity (Wildman–Crippen MR) is 207 cm³/mol. The number of carbonyl (C=O) groups excluding carboxylic acids is 1. The molecule has 1 unspecified atom stereocenters. The largest absolute Gasteiger partial charge is 0.435 e. The zero-order chi connectivity index (χ0) is 43.9. The first kappa shape index (κ1) is 42.9. The Morgan fingerprint density at radius 1 is 1.07 bits per heavy atom. The molecule has 0 spiro atoms. The zero-order valence-corrected chi connectivity index (χ0v) is 34.1. The number of benzene rings is 2. The van der Waals surface area contributed by atoms with Crippen LogP contribution >= 0.6 is 11.6 Å². The van der Waals surface area contributed by atoms with Gasteiger partial charge in [0.1, 0.15) is 35.2 Å². The van der Waals surface area contributed by atoms with E-state index < -0.39 is 93.1 Å². The summed E-state index contributed by atoms with van der Waals surface area (Å²) in [6, 6.07) is 7.24. The minimum atomic E-state index is -5.12. The molecule has 1 saturated carbocycles. The number of carbonyl (C=O) groups is 1. The van der Waals surface area contributed by atoms with Crippen LogP contribution in [-0.2, 0) is 46.9 Å². The van der Waals surface area contributed by atoms with E-state index in [0.29, 0.717) is 16.3 Å². The molecule has 3 N–H and O–H groups in total. The molecule has 20 heteroatoms. The summed E-state index contributed by atoms with van der Waals surface area (Å²) >= 11 is 6.59. The topological polar surface area (TPSA) is 144 Å². The van der Waals surface area contributed by atoms with E-state index in [1.807, 2.05) is 0 Å². The molecule has 2 aliphatic rings. The summed E-state index contributed by atoms with van der Waals surface area (Å²) in [6.07, 6.45) is -3.12. The second-order valence-electron chi connectivity index (χ2n) is 15.5. The monoisotopic (exact) mass is 879 g/mol. The van der Waals surface area contributed by atoms with Crippen LogP contribution in [0.5, 0.6) is 0 Å². The molecule has 0 saturated heterocycles. The number of pyridine rings is 1. The second kappa shape index (κ2) is 15.1. The summed E-state index contributed by atoms with van der Waals surface area (Å²) < 4.78 is 132. The van der Waals surface area contributed by atoms with Gasteiger partial charge in [-0.05, 0) is 79.8 Å². The van der Waals surface area contributed by atoms with E-state index in [0.717, 1.165) is 38.2 Å². The number of amides is 1. The van der Waals surface area contributed by atoms with E-state index in [1.54, 1.807) is 19.1 Å². The van der Waals surface area contributed by atoms with Crippen LogP contribution in [0.2, 0.25) is 5.02 Å². The maximum Gasteiger partial charge on any atom is 0.435 e. The van der Waals surface area contributed by atoms with Gasteiger partial charge in [0.15, 0.2) is 11.5 Å². The maximum atomic E-state index is 15.6. The average molecular weight is 880 g/mol. The fourth-order valence-electron chi connectivity index (χ4n) is 7.74. The number of aryl methyl sites for hydroxylation is 1. The first-order valence-corrected chi connectivity index (χ1v) is 20.8. The number of fused-ring (bicyclic) bond motifs is 2. The van der Waals surface area contributed by atoms with Crippen molar-refractivity contribution in [3.63, 3.8) is 0 Å². The zero-order valence-electron chi connectivity index (χ0n) is 32.5. The Kier molecular flexibility index (Phi) is 10.8. The van der Waals surface area contributed by atoms with Crippen molar-refractivity contribution in [3.05, 3.63) is 93.0 Å². The molecule has 2 aromatic carbocycles. The van der Waals surface area contributed by atoms with Gasteiger partial charge in [-0.1, -0.05) is 37.4 Å². The van der Waals surface area contributed by atoms with Crippen molar-refractivity contribution in [1.29, 1.82) is 0 Å². The number of aromatic nitrogens is 5. The van der Waals surface area contributed by atoms with Gasteiger partial charge in [0.25, 0.3) is 5.92 Å². The third-order valence-corrected chi connectivity index (χ3v) is 11.8. The van der Waals surface area contributed by atoms with Gasteiger partial charge in [-0.3, -0.25) is 18.9 Å². The highest BCUT2D eigenvalue weighted by Gasteiger charge is 2.57. The smallest absolute Gasteiger partial charge is 0.378 e. The van der Waals surface area contributed by atoms with Crippen molar-refractivity contribution in [1.82, 2.24) is 29.9 Å². The molecule has 4 atom stereocenters. The van der Waals surface area contributed by atoms with Crippen LogP contribution in [0.3, 0.4) is 0 Å². The van der Waals surface area contributed by atoms with Gasteiger partial charge in [-0.25, -0.2) is 22.2 Å². The van der Waals surface area contributed by atoms with Crippen molar-refractivity contribution < 1.29 is 49.1 Å². The third-order valence-electron chi connectivity index (χ3n) is 10.9. The van der Waals surface area contributed by atoms with Crippen LogP contribution in [0, 0.1) is 35.3 Å². The first-order valence-electron chi connectivity index (χ1n) is 18.6. The lowest BCUT2D eigenvalue weighted by Crippen LogP contribution is -2.35. The standard InChI is InChI=1S/C40H37ClF7N7O4S/c1-19-20(2)39(44,45)36-31(19)35(40(46,47)48)51-55(36)18-30(56)50-29(16-21-14-23(42)17-24(43)15-21)33-26(9-8-25(49-33)12-13-38(3,57)22-6-7-22)27-10-11-28(41)32-34(27)54(4)52-37(32)53-60(5,58)59/h8-11,14-15,17,19-20,22,29,57H,6-7,16,18H2,1-5H3,(H,50,56)(H,52,53)/t19-,20+,29-,38?/m0/s1. The Bertz CT molecular complexity index is 2720. The summed E-state index contributed by atoms with van der Waals surface area (Å²) in [5.41, 5.74) is -3.86. The van der Waals surface area contributed by atoms with E-state index in [9.17, 15) is 40.3 Å². The quantitative estimate of drug-likeness (QED) is 0.0968. The Labute approximate surface area is 344 Å². The number of hydrogen-bond donors (Lipinski definition) is 3. The predicted octanol–water partition coefficient (Wildman–Crippen LogP) is 7.61. The number of nitrogens with one attached hydrogen (secondary N) is 2. The average Bonchev–Trinajstić information content (AvgIpc) is 3.82. The number of rotatable bonds is 10. The molecule has 3 heterocycles. The molecule has 7 rings (SSSR count). The molecule has 11 nitrogen and oxygen atoms in total. The van der Waals surface area contributed by atoms with Gasteiger partial charge in [-0.2, -0.15) is 32.1 Å². The molecular formula is C40H37ClF7N7O4S. The van der Waals surface area contributed by atoms with Crippen LogP contribution in [0.1, 0.15) is 79.5 Å². The van der Waals surface area contributed by atoms with Crippen LogP contribution < -0.4 is 10.0 Å². The van der Waals surface area contributed by atoms with Crippen molar-refractivity contribution >= 4 is 44.3 Å². The Morgan fingerprint density at radius 2 is 1.72 bits per heavy atom. The lowest BCUT2D eigenvalue weighted by atomic mass is 9.93. The Balaban J connectivity index is 1.40. The lowest BCUT2D eigenvalue weighted by Gasteiger charge is -2.23. The highest BCUT2D eigenvalue weighted by molar-refractivity contribution is 7.92. The highest BCUT2D eigenvalue weighted by atomic mass is 35.5. The summed E-state index contributed by atoms with van der Waals surface area (Å²) in [4.78, 5) is 18.8. The van der Waals surface area contributed by atoms with Crippen LogP contribution in [0.4, 0.5) is 36.6 Å². The summed E-state index contributed by atoms with van der Waals surface area (Å²) in [5, 5.41) is 21.6. The van der Waals surface area contributed by atoms with Crippen molar-refractivity contribution in [2.45, 2.75) is 76.2 Å². The molecule has 0 aliphatic heterocycles. The fraction of sp³-hybridized carbons (Fsp3) is 0.400. The fourth-order valence-corrected chi connectivity index (χ4v) is 8.47. The van der Waals surface area contributed by atoms with E-state index in [4.69, 9.17) is 16.6 Å². The van der Waals surface area contributed by atoms with E-state index in [2.05, 4.69) is 32.1 Å². The van der Waals surface area contributed by atoms with Crippen molar-refractivity contribution in [2.24, 2.45) is 18.9 Å². The van der Waals surface area contributed by atoms with Crippen LogP contribution in [0.25, 0.3) is 22.0 Å². The molecule has 60 heavy (non-hydrogen) atoms. The SMILES string of the molecule is C[C@@H]1c2c(C(F)(F)F)nn(CC(=O)N[C@@H](Cc3cc(F)cc(F)c3)c3nc(C#CC(C)(O)C4CC4)ccc3-c3ccc(Cl)c4c(NS(C)(=O)=O)nn(C)c34)c2C(F)(F)[C@@H]1C. The minimum absolute atomic E-state index is 0.00588. The van der Waals surface area contributed by atoms with E-state index in [-0.39, 0.29) is 50.2 Å². The van der Waals surface area contributed by atoms with Crippen LogP contribution in [-0.4, -0.2) is 55.8 Å². The molecule has 1 fully saturated rings. The van der Waals surface area contributed by atoms with Gasteiger partial charge in [0, 0.05) is 35.7 Å². The summed E-state index contributed by atoms with van der Waals surface area (Å²) in [5.74, 6) is -4.20. The molecular weight excluding hydrogens is 843 g/mol. The van der Waals surface area contributed by atoms with Crippen LogP contribution in [0.15, 0.2) is 42.5 Å².